The summed E-state index contributed by atoms with van der Waals surface area (Å²) in [5, 5.41) is -0.507. The summed E-state index contributed by atoms with van der Waals surface area (Å²) < 4.78 is 55.3. The molecular formula is C15H6F4O2. The van der Waals surface area contributed by atoms with Crippen LogP contribution in [0.3, 0.4) is 0 Å². The van der Waals surface area contributed by atoms with Gasteiger partial charge in [0.1, 0.15) is 18.4 Å². The molecule has 0 aliphatic heterocycles. The Bertz CT molecular complexity index is 831. The van der Waals surface area contributed by atoms with E-state index in [9.17, 15) is 27.2 Å². The normalized spacial score (nSPS) is 15.7. The average Bonchev–Trinajstić information content (AvgIpc) is 2.51. The quantitative estimate of drug-likeness (QED) is 0.369. The number of aldehydes is 2. The van der Waals surface area contributed by atoms with Crippen LogP contribution in [-0.2, 0) is 15.0 Å². The summed E-state index contributed by atoms with van der Waals surface area (Å²) in [6, 6.07) is 3.61. The van der Waals surface area contributed by atoms with Crippen molar-refractivity contribution in [3.8, 4) is 0 Å². The first-order chi connectivity index (χ1) is 9.97. The zero-order chi connectivity index (χ0) is 15.4. The lowest BCUT2D eigenvalue weighted by Gasteiger charge is -2.27. The zero-order valence-corrected chi connectivity index (χ0v) is 10.3. The van der Waals surface area contributed by atoms with Gasteiger partial charge in [-0.15, -0.1) is 0 Å². The second-order valence-electron chi connectivity index (χ2n) is 4.68. The zero-order valence-electron chi connectivity index (χ0n) is 10.3. The van der Waals surface area contributed by atoms with Crippen LogP contribution in [0.1, 0.15) is 11.1 Å². The van der Waals surface area contributed by atoms with Gasteiger partial charge in [0.25, 0.3) is 0 Å². The molecule has 0 atom stereocenters. The van der Waals surface area contributed by atoms with Crippen LogP contribution in [0, 0.1) is 17.5 Å². The molecule has 21 heavy (non-hydrogen) atoms. The molecular weight excluding hydrogens is 288 g/mol. The maximum Gasteiger partial charge on any atom is 0.195 e. The lowest BCUT2D eigenvalue weighted by molar-refractivity contribution is -0.120. The van der Waals surface area contributed by atoms with Gasteiger partial charge in [-0.25, -0.2) is 17.6 Å². The minimum atomic E-state index is -2.26. The van der Waals surface area contributed by atoms with E-state index < -0.39 is 34.3 Å². The Balaban J connectivity index is 2.62. The highest BCUT2D eigenvalue weighted by Gasteiger charge is 2.42. The van der Waals surface area contributed by atoms with E-state index in [0.29, 0.717) is 6.08 Å². The number of rotatable bonds is 2. The van der Waals surface area contributed by atoms with Crippen LogP contribution < -0.4 is 0 Å². The van der Waals surface area contributed by atoms with E-state index in [-0.39, 0.29) is 28.9 Å². The molecule has 0 amide bonds. The van der Waals surface area contributed by atoms with E-state index >= 15 is 0 Å². The fourth-order valence-electron chi connectivity index (χ4n) is 2.59. The average molecular weight is 294 g/mol. The van der Waals surface area contributed by atoms with Crippen LogP contribution in [0.25, 0.3) is 16.8 Å². The van der Waals surface area contributed by atoms with Crippen molar-refractivity contribution in [1.82, 2.24) is 0 Å². The Hall–Kier alpha value is -2.50. The van der Waals surface area contributed by atoms with Gasteiger partial charge in [0, 0.05) is 16.3 Å². The van der Waals surface area contributed by atoms with E-state index in [2.05, 4.69) is 0 Å². The van der Waals surface area contributed by atoms with Crippen LogP contribution in [0.2, 0.25) is 0 Å². The van der Waals surface area contributed by atoms with Crippen molar-refractivity contribution in [3.05, 3.63) is 52.6 Å². The molecule has 2 nitrogen and oxygen atoms in total. The van der Waals surface area contributed by atoms with Crippen LogP contribution >= 0.6 is 0 Å². The van der Waals surface area contributed by atoms with Gasteiger partial charge in [-0.05, 0) is 11.6 Å². The van der Waals surface area contributed by atoms with E-state index in [0.717, 1.165) is 6.07 Å². The summed E-state index contributed by atoms with van der Waals surface area (Å²) in [5.74, 6) is -5.98. The minimum Gasteiger partial charge on any atom is -0.301 e. The fraction of sp³-hybridized carbons (Fsp3) is 0.0667. The van der Waals surface area contributed by atoms with Crippen molar-refractivity contribution < 1.29 is 27.2 Å². The molecule has 1 aliphatic carbocycles. The van der Waals surface area contributed by atoms with Gasteiger partial charge in [-0.3, -0.25) is 0 Å². The Kier molecular flexibility index (Phi) is 2.73. The number of benzene rings is 2. The molecule has 0 saturated heterocycles. The van der Waals surface area contributed by atoms with Crippen molar-refractivity contribution >= 4 is 29.4 Å². The topological polar surface area (TPSA) is 34.1 Å². The maximum absolute atomic E-state index is 14.1. The van der Waals surface area contributed by atoms with Crippen molar-refractivity contribution in [2.75, 3.05) is 0 Å². The predicted octanol–water partition coefficient (Wildman–Crippen LogP) is 3.22. The fourth-order valence-corrected chi connectivity index (χ4v) is 2.59. The van der Waals surface area contributed by atoms with Gasteiger partial charge in [0.2, 0.25) is 0 Å². The molecule has 0 saturated carbocycles. The molecule has 1 aliphatic rings. The first kappa shape index (κ1) is 13.5. The number of allylic oxidation sites excluding steroid dienone is 1. The number of hydrogen-bond acceptors (Lipinski definition) is 2. The molecule has 0 bridgehead atoms. The third-order valence-corrected chi connectivity index (χ3v) is 3.68. The van der Waals surface area contributed by atoms with Crippen molar-refractivity contribution in [2.45, 2.75) is 5.41 Å². The maximum atomic E-state index is 14.1. The van der Waals surface area contributed by atoms with Gasteiger partial charge in [0.15, 0.2) is 22.9 Å². The molecule has 106 valence electrons. The highest BCUT2D eigenvalue weighted by atomic mass is 19.2. The predicted molar refractivity (Wildman–Crippen MR) is 66.7 cm³/mol. The standard InChI is InChI=1S/C15H6F4O2/c16-10-4-8-11-7(12(17)14(19)13(8)18)2-1-3-9(11)15(10,5-20)6-21/h1-6H. The lowest BCUT2D eigenvalue weighted by atomic mass is 9.74. The molecule has 0 N–H and O–H groups in total. The summed E-state index contributed by atoms with van der Waals surface area (Å²) in [5.41, 5.74) is -2.99. The second-order valence-corrected chi connectivity index (χ2v) is 4.68. The summed E-state index contributed by atoms with van der Waals surface area (Å²) in [6.07, 6.45) is 0.668. The van der Waals surface area contributed by atoms with E-state index in [1.165, 1.54) is 12.1 Å². The van der Waals surface area contributed by atoms with E-state index in [1.54, 1.807) is 0 Å². The van der Waals surface area contributed by atoms with E-state index in [4.69, 9.17) is 0 Å². The Labute approximate surface area is 115 Å². The number of halogens is 4. The van der Waals surface area contributed by atoms with Crippen LogP contribution in [0.4, 0.5) is 17.6 Å². The Morgan fingerprint density at radius 2 is 1.57 bits per heavy atom. The molecule has 3 rings (SSSR count). The molecule has 6 heteroatoms. The summed E-state index contributed by atoms with van der Waals surface area (Å²) >= 11 is 0. The molecule has 0 spiro atoms. The van der Waals surface area contributed by atoms with Gasteiger partial charge < -0.3 is 9.59 Å². The Morgan fingerprint density at radius 3 is 2.19 bits per heavy atom. The van der Waals surface area contributed by atoms with Gasteiger partial charge in [-0.1, -0.05) is 18.2 Å². The summed E-state index contributed by atoms with van der Waals surface area (Å²) in [6.45, 7) is 0. The van der Waals surface area contributed by atoms with Crippen LogP contribution in [0.15, 0.2) is 24.0 Å². The third kappa shape index (κ3) is 1.47. The van der Waals surface area contributed by atoms with Crippen molar-refractivity contribution in [1.29, 1.82) is 0 Å². The molecule has 0 fully saturated rings. The summed E-state index contributed by atoms with van der Waals surface area (Å²) in [4.78, 5) is 22.5. The minimum absolute atomic E-state index is 0.0582. The van der Waals surface area contributed by atoms with Gasteiger partial charge in [0.05, 0.1) is 0 Å². The molecule has 0 radical (unpaired) electrons. The highest BCUT2D eigenvalue weighted by molar-refractivity contribution is 6.08. The SMILES string of the molecule is O=CC1(C=O)C(F)=Cc2c(F)c(F)c(F)c3cccc1c23. The van der Waals surface area contributed by atoms with Crippen LogP contribution in [0.5, 0.6) is 0 Å². The van der Waals surface area contributed by atoms with E-state index in [1.807, 2.05) is 0 Å². The van der Waals surface area contributed by atoms with Crippen molar-refractivity contribution in [3.63, 3.8) is 0 Å². The largest absolute Gasteiger partial charge is 0.301 e. The monoisotopic (exact) mass is 294 g/mol. The summed E-state index contributed by atoms with van der Waals surface area (Å²) in [7, 11) is 0. The van der Waals surface area contributed by atoms with Gasteiger partial charge >= 0.3 is 0 Å². The van der Waals surface area contributed by atoms with Gasteiger partial charge in [-0.2, -0.15) is 0 Å². The molecule has 2 aromatic carbocycles. The van der Waals surface area contributed by atoms with Crippen LogP contribution in [-0.4, -0.2) is 12.6 Å². The molecule has 0 aromatic heterocycles. The number of carbonyl (C=O) groups is 2. The Morgan fingerprint density at radius 1 is 0.905 bits per heavy atom. The first-order valence-corrected chi connectivity index (χ1v) is 5.88. The third-order valence-electron chi connectivity index (χ3n) is 3.68. The molecule has 0 unspecified atom stereocenters. The lowest BCUT2D eigenvalue weighted by Crippen LogP contribution is -2.33. The second kappa shape index (κ2) is 4.25. The van der Waals surface area contributed by atoms with Crippen molar-refractivity contribution in [2.24, 2.45) is 0 Å². The highest BCUT2D eigenvalue weighted by Crippen LogP contribution is 2.43. The smallest absolute Gasteiger partial charge is 0.195 e. The first-order valence-electron chi connectivity index (χ1n) is 5.88. The number of carbonyl (C=O) groups excluding carboxylic acids is 2. The molecule has 2 aromatic rings. The molecule has 0 heterocycles. The number of hydrogen-bond donors (Lipinski definition) is 0.